The van der Waals surface area contributed by atoms with Gasteiger partial charge in [0.25, 0.3) is 5.91 Å². The number of aryl methyl sites for hydroxylation is 1. The summed E-state index contributed by atoms with van der Waals surface area (Å²) in [7, 11) is 0. The highest BCUT2D eigenvalue weighted by Crippen LogP contribution is 2.13. The van der Waals surface area contributed by atoms with Gasteiger partial charge in [0.05, 0.1) is 0 Å². The monoisotopic (exact) mass is 262 g/mol. The summed E-state index contributed by atoms with van der Waals surface area (Å²) < 4.78 is 5.52. The van der Waals surface area contributed by atoms with Gasteiger partial charge in [-0.3, -0.25) is 4.79 Å². The highest BCUT2D eigenvalue weighted by Gasteiger charge is 2.15. The van der Waals surface area contributed by atoms with E-state index >= 15 is 0 Å². The summed E-state index contributed by atoms with van der Waals surface area (Å²) in [4.78, 5) is 11.8. The van der Waals surface area contributed by atoms with E-state index in [1.54, 1.807) is 0 Å². The Bertz CT molecular complexity index is 414. The normalized spacial score (nSPS) is 16.1. The minimum absolute atomic E-state index is 0.0335. The summed E-state index contributed by atoms with van der Waals surface area (Å²) in [6, 6.07) is 8.18. The summed E-state index contributed by atoms with van der Waals surface area (Å²) in [5.41, 5.74) is 1.22. The first-order valence-corrected chi connectivity index (χ1v) is 6.99. The summed E-state index contributed by atoms with van der Waals surface area (Å²) in [6.45, 7) is 4.15. The number of nitrogens with one attached hydrogen (secondary N) is 2. The van der Waals surface area contributed by atoms with Gasteiger partial charge < -0.3 is 15.4 Å². The van der Waals surface area contributed by atoms with Crippen molar-refractivity contribution in [3.8, 4) is 5.75 Å². The van der Waals surface area contributed by atoms with Crippen molar-refractivity contribution in [2.75, 3.05) is 19.7 Å². The van der Waals surface area contributed by atoms with E-state index < -0.39 is 0 Å². The molecule has 0 saturated carbocycles. The first kappa shape index (κ1) is 13.9. The Balaban J connectivity index is 1.76. The van der Waals surface area contributed by atoms with E-state index in [0.29, 0.717) is 6.04 Å². The van der Waals surface area contributed by atoms with E-state index in [2.05, 4.69) is 23.6 Å². The maximum absolute atomic E-state index is 11.8. The Morgan fingerprint density at radius 1 is 1.42 bits per heavy atom. The van der Waals surface area contributed by atoms with Gasteiger partial charge in [0, 0.05) is 6.04 Å². The number of rotatable bonds is 5. The molecular formula is C15H22N2O2. The molecule has 0 aliphatic carbocycles. The largest absolute Gasteiger partial charge is 0.484 e. The number of benzene rings is 1. The van der Waals surface area contributed by atoms with Crippen LogP contribution in [0.15, 0.2) is 24.3 Å². The van der Waals surface area contributed by atoms with Gasteiger partial charge in [-0.15, -0.1) is 0 Å². The van der Waals surface area contributed by atoms with Gasteiger partial charge in [0.2, 0.25) is 0 Å². The smallest absolute Gasteiger partial charge is 0.258 e. The molecule has 1 amide bonds. The van der Waals surface area contributed by atoms with Crippen LogP contribution in [-0.4, -0.2) is 31.6 Å². The standard InChI is InChI=1S/C15H22N2O2/c1-2-12-4-3-5-14(10-12)19-11-15(18)17-13-6-8-16-9-7-13/h3-5,10,13,16H,2,6-9,11H2,1H3,(H,17,18). The van der Waals surface area contributed by atoms with Crippen LogP contribution in [0.1, 0.15) is 25.3 Å². The molecule has 4 nitrogen and oxygen atoms in total. The molecule has 104 valence electrons. The molecule has 0 radical (unpaired) electrons. The predicted molar refractivity (Wildman–Crippen MR) is 75.3 cm³/mol. The molecule has 1 fully saturated rings. The van der Waals surface area contributed by atoms with Crippen LogP contribution >= 0.6 is 0 Å². The van der Waals surface area contributed by atoms with E-state index in [9.17, 15) is 4.79 Å². The van der Waals surface area contributed by atoms with Gasteiger partial charge in [-0.2, -0.15) is 0 Å². The van der Waals surface area contributed by atoms with Crippen LogP contribution in [0, 0.1) is 0 Å². The number of carbonyl (C=O) groups excluding carboxylic acids is 1. The van der Waals surface area contributed by atoms with Gasteiger partial charge in [-0.05, 0) is 50.0 Å². The van der Waals surface area contributed by atoms with Crippen LogP contribution in [-0.2, 0) is 11.2 Å². The van der Waals surface area contributed by atoms with Crippen LogP contribution < -0.4 is 15.4 Å². The first-order valence-electron chi connectivity index (χ1n) is 6.99. The molecule has 1 aromatic carbocycles. The van der Waals surface area contributed by atoms with Gasteiger partial charge in [-0.25, -0.2) is 0 Å². The lowest BCUT2D eigenvalue weighted by molar-refractivity contribution is -0.123. The van der Waals surface area contributed by atoms with Crippen molar-refractivity contribution >= 4 is 5.91 Å². The van der Waals surface area contributed by atoms with Crippen LogP contribution in [0.3, 0.4) is 0 Å². The minimum atomic E-state index is -0.0335. The minimum Gasteiger partial charge on any atom is -0.484 e. The molecule has 2 N–H and O–H groups in total. The van der Waals surface area contributed by atoms with Crippen LogP contribution in [0.2, 0.25) is 0 Å². The zero-order valence-electron chi connectivity index (χ0n) is 11.4. The number of hydrogen-bond acceptors (Lipinski definition) is 3. The van der Waals surface area contributed by atoms with Crippen molar-refractivity contribution in [2.45, 2.75) is 32.2 Å². The van der Waals surface area contributed by atoms with E-state index in [4.69, 9.17) is 4.74 Å². The molecule has 4 heteroatoms. The number of carbonyl (C=O) groups is 1. The molecule has 0 spiro atoms. The Kier molecular flexibility index (Phi) is 5.21. The maximum atomic E-state index is 11.8. The molecule has 19 heavy (non-hydrogen) atoms. The van der Waals surface area contributed by atoms with Crippen LogP contribution in [0.25, 0.3) is 0 Å². The van der Waals surface area contributed by atoms with E-state index in [1.165, 1.54) is 5.56 Å². The Hall–Kier alpha value is -1.55. The van der Waals surface area contributed by atoms with Crippen molar-refractivity contribution in [1.29, 1.82) is 0 Å². The van der Waals surface area contributed by atoms with Crippen molar-refractivity contribution in [1.82, 2.24) is 10.6 Å². The Morgan fingerprint density at radius 2 is 2.21 bits per heavy atom. The molecule has 2 rings (SSSR count). The molecule has 1 aliphatic heterocycles. The number of ether oxygens (including phenoxy) is 1. The fourth-order valence-electron chi connectivity index (χ4n) is 2.24. The van der Waals surface area contributed by atoms with Gasteiger partial charge in [0.15, 0.2) is 6.61 Å². The zero-order valence-corrected chi connectivity index (χ0v) is 11.4. The lowest BCUT2D eigenvalue weighted by atomic mass is 10.1. The third kappa shape index (κ3) is 4.56. The zero-order chi connectivity index (χ0) is 13.5. The molecule has 1 heterocycles. The third-order valence-corrected chi connectivity index (χ3v) is 3.38. The number of amides is 1. The fraction of sp³-hybridized carbons (Fsp3) is 0.533. The Labute approximate surface area is 114 Å². The van der Waals surface area contributed by atoms with Crippen molar-refractivity contribution in [3.63, 3.8) is 0 Å². The highest BCUT2D eigenvalue weighted by molar-refractivity contribution is 5.77. The molecule has 1 aliphatic rings. The summed E-state index contributed by atoms with van der Waals surface area (Å²) >= 11 is 0. The molecule has 1 saturated heterocycles. The van der Waals surface area contributed by atoms with Gasteiger partial charge >= 0.3 is 0 Å². The SMILES string of the molecule is CCc1cccc(OCC(=O)NC2CCNCC2)c1. The molecule has 0 atom stereocenters. The second kappa shape index (κ2) is 7.14. The summed E-state index contributed by atoms with van der Waals surface area (Å²) in [5, 5.41) is 6.29. The van der Waals surface area contributed by atoms with Crippen LogP contribution in [0.4, 0.5) is 0 Å². The average molecular weight is 262 g/mol. The van der Waals surface area contributed by atoms with E-state index in [0.717, 1.165) is 38.1 Å². The summed E-state index contributed by atoms with van der Waals surface area (Å²) in [5.74, 6) is 0.730. The second-order valence-corrected chi connectivity index (χ2v) is 4.88. The fourth-order valence-corrected chi connectivity index (χ4v) is 2.24. The van der Waals surface area contributed by atoms with Crippen molar-refractivity contribution in [2.24, 2.45) is 0 Å². The third-order valence-electron chi connectivity index (χ3n) is 3.38. The first-order chi connectivity index (χ1) is 9.28. The Morgan fingerprint density at radius 3 is 2.95 bits per heavy atom. The molecule has 0 aromatic heterocycles. The summed E-state index contributed by atoms with van der Waals surface area (Å²) in [6.07, 6.45) is 2.96. The lowest BCUT2D eigenvalue weighted by Gasteiger charge is -2.23. The molecular weight excluding hydrogens is 240 g/mol. The number of hydrogen-bond donors (Lipinski definition) is 2. The lowest BCUT2D eigenvalue weighted by Crippen LogP contribution is -2.44. The van der Waals surface area contributed by atoms with Gasteiger partial charge in [-0.1, -0.05) is 19.1 Å². The van der Waals surface area contributed by atoms with Gasteiger partial charge in [0.1, 0.15) is 5.75 Å². The highest BCUT2D eigenvalue weighted by atomic mass is 16.5. The van der Waals surface area contributed by atoms with E-state index in [1.807, 2.05) is 18.2 Å². The topological polar surface area (TPSA) is 50.4 Å². The second-order valence-electron chi connectivity index (χ2n) is 4.88. The quantitative estimate of drug-likeness (QED) is 0.845. The predicted octanol–water partition coefficient (Wildman–Crippen LogP) is 1.50. The van der Waals surface area contributed by atoms with Crippen LogP contribution in [0.5, 0.6) is 5.75 Å². The van der Waals surface area contributed by atoms with Crippen molar-refractivity contribution < 1.29 is 9.53 Å². The average Bonchev–Trinajstić information content (AvgIpc) is 2.46. The molecule has 1 aromatic rings. The number of piperidine rings is 1. The van der Waals surface area contributed by atoms with E-state index in [-0.39, 0.29) is 12.5 Å². The molecule has 0 bridgehead atoms. The van der Waals surface area contributed by atoms with Crippen molar-refractivity contribution in [3.05, 3.63) is 29.8 Å². The molecule has 0 unspecified atom stereocenters. The maximum Gasteiger partial charge on any atom is 0.258 e.